The van der Waals surface area contributed by atoms with Crippen molar-refractivity contribution in [3.63, 3.8) is 0 Å². The van der Waals surface area contributed by atoms with Gasteiger partial charge in [-0.25, -0.2) is 19.3 Å². The van der Waals surface area contributed by atoms with E-state index in [0.29, 0.717) is 47.4 Å². The SMILES string of the molecule is O=C(COc1ccccc1)N1CCCC(CNc2nc(-c3c[nH]c4ncc(Cl)cc34)ncc2F)C1. The van der Waals surface area contributed by atoms with Gasteiger partial charge in [0.15, 0.2) is 24.1 Å². The van der Waals surface area contributed by atoms with E-state index < -0.39 is 5.82 Å². The minimum absolute atomic E-state index is 0.00243. The lowest BCUT2D eigenvalue weighted by Crippen LogP contribution is -2.43. The van der Waals surface area contributed by atoms with Crippen LogP contribution in [-0.2, 0) is 4.79 Å². The third-order valence-electron chi connectivity index (χ3n) is 6.02. The lowest BCUT2D eigenvalue weighted by Gasteiger charge is -2.33. The van der Waals surface area contributed by atoms with Gasteiger partial charge in [0, 0.05) is 43.0 Å². The van der Waals surface area contributed by atoms with Crippen LogP contribution in [0, 0.1) is 11.7 Å². The fourth-order valence-electron chi connectivity index (χ4n) is 4.24. The lowest BCUT2D eigenvalue weighted by molar-refractivity contribution is -0.135. The number of ether oxygens (including phenoxy) is 1. The van der Waals surface area contributed by atoms with Crippen molar-refractivity contribution in [2.45, 2.75) is 12.8 Å². The van der Waals surface area contributed by atoms with Crippen molar-refractivity contribution >= 4 is 34.4 Å². The number of hydrogen-bond acceptors (Lipinski definition) is 6. The predicted octanol–water partition coefficient (Wildman–Crippen LogP) is 4.54. The molecular formula is C25H24ClFN6O2. The number of carbonyl (C=O) groups is 1. The summed E-state index contributed by atoms with van der Waals surface area (Å²) in [6.07, 6.45) is 6.24. The van der Waals surface area contributed by atoms with Crippen LogP contribution in [0.15, 0.2) is 55.0 Å². The average molecular weight is 495 g/mol. The number of likely N-dealkylation sites (tertiary alicyclic amines) is 1. The molecule has 1 aliphatic heterocycles. The third kappa shape index (κ3) is 5.35. The van der Waals surface area contributed by atoms with Crippen LogP contribution < -0.4 is 10.1 Å². The molecule has 3 aromatic heterocycles. The smallest absolute Gasteiger partial charge is 0.260 e. The number of aromatic amines is 1. The zero-order valence-electron chi connectivity index (χ0n) is 18.9. The Morgan fingerprint density at radius 1 is 1.26 bits per heavy atom. The Balaban J connectivity index is 1.22. The molecule has 1 amide bonds. The van der Waals surface area contributed by atoms with Gasteiger partial charge in [0.2, 0.25) is 0 Å². The molecule has 1 saturated heterocycles. The largest absolute Gasteiger partial charge is 0.484 e. The van der Waals surface area contributed by atoms with Crippen LogP contribution in [0.4, 0.5) is 10.2 Å². The molecule has 0 radical (unpaired) electrons. The molecule has 1 unspecified atom stereocenters. The van der Waals surface area contributed by atoms with Crippen molar-refractivity contribution in [1.82, 2.24) is 24.8 Å². The highest BCUT2D eigenvalue weighted by Gasteiger charge is 2.24. The quantitative estimate of drug-likeness (QED) is 0.391. The number of anilines is 1. The number of nitrogens with one attached hydrogen (secondary N) is 2. The number of para-hydroxylation sites is 1. The normalized spacial score (nSPS) is 15.8. The number of H-pyrrole nitrogens is 1. The number of piperidine rings is 1. The fraction of sp³-hybridized carbons (Fsp3) is 0.280. The minimum Gasteiger partial charge on any atom is -0.484 e. The summed E-state index contributed by atoms with van der Waals surface area (Å²) in [4.78, 5) is 30.3. The van der Waals surface area contributed by atoms with Crippen LogP contribution in [-0.4, -0.2) is 57.0 Å². The zero-order valence-corrected chi connectivity index (χ0v) is 19.6. The van der Waals surface area contributed by atoms with Crippen LogP contribution in [0.1, 0.15) is 12.8 Å². The number of aromatic nitrogens is 4. The molecule has 1 fully saturated rings. The molecule has 0 spiro atoms. The van der Waals surface area contributed by atoms with Gasteiger partial charge in [-0.3, -0.25) is 4.79 Å². The van der Waals surface area contributed by atoms with E-state index in [1.807, 2.05) is 35.2 Å². The Kier molecular flexibility index (Phi) is 6.76. The molecule has 4 aromatic rings. The average Bonchev–Trinajstić information content (AvgIpc) is 3.30. The number of halogens is 2. The van der Waals surface area contributed by atoms with Gasteiger partial charge in [-0.1, -0.05) is 29.8 Å². The summed E-state index contributed by atoms with van der Waals surface area (Å²) < 4.78 is 20.1. The van der Waals surface area contributed by atoms with Crippen molar-refractivity contribution in [3.8, 4) is 17.1 Å². The van der Waals surface area contributed by atoms with E-state index in [0.717, 1.165) is 24.4 Å². The summed E-state index contributed by atoms with van der Waals surface area (Å²) >= 11 is 6.09. The van der Waals surface area contributed by atoms with Gasteiger partial charge in [-0.2, -0.15) is 0 Å². The highest BCUT2D eigenvalue weighted by Crippen LogP contribution is 2.28. The Labute approximate surface area is 206 Å². The first kappa shape index (κ1) is 23.0. The Morgan fingerprint density at radius 2 is 2.11 bits per heavy atom. The highest BCUT2D eigenvalue weighted by atomic mass is 35.5. The van der Waals surface area contributed by atoms with Crippen molar-refractivity contribution < 1.29 is 13.9 Å². The fourth-order valence-corrected chi connectivity index (χ4v) is 4.39. The number of benzene rings is 1. The van der Waals surface area contributed by atoms with Crippen molar-refractivity contribution in [1.29, 1.82) is 0 Å². The topological polar surface area (TPSA) is 96.0 Å². The second-order valence-corrected chi connectivity index (χ2v) is 8.91. The first-order chi connectivity index (χ1) is 17.1. The number of amides is 1. The van der Waals surface area contributed by atoms with E-state index in [-0.39, 0.29) is 24.2 Å². The molecule has 180 valence electrons. The van der Waals surface area contributed by atoms with Gasteiger partial charge >= 0.3 is 0 Å². The molecule has 35 heavy (non-hydrogen) atoms. The van der Waals surface area contributed by atoms with E-state index in [4.69, 9.17) is 16.3 Å². The number of rotatable bonds is 7. The number of hydrogen-bond donors (Lipinski definition) is 2. The molecule has 10 heteroatoms. The molecule has 4 heterocycles. The summed E-state index contributed by atoms with van der Waals surface area (Å²) in [6, 6.07) is 11.0. The van der Waals surface area contributed by atoms with Gasteiger partial charge in [0.1, 0.15) is 11.4 Å². The minimum atomic E-state index is -0.537. The van der Waals surface area contributed by atoms with Crippen molar-refractivity contribution in [2.75, 3.05) is 31.6 Å². The summed E-state index contributed by atoms with van der Waals surface area (Å²) in [7, 11) is 0. The Hall–Kier alpha value is -3.72. The van der Waals surface area contributed by atoms with E-state index >= 15 is 0 Å². The van der Waals surface area contributed by atoms with E-state index in [2.05, 4.69) is 25.3 Å². The zero-order chi connectivity index (χ0) is 24.2. The van der Waals surface area contributed by atoms with Crippen molar-refractivity contribution in [2.24, 2.45) is 5.92 Å². The Bertz CT molecular complexity index is 1330. The van der Waals surface area contributed by atoms with Crippen LogP contribution in [0.25, 0.3) is 22.4 Å². The van der Waals surface area contributed by atoms with E-state index in [1.165, 1.54) is 0 Å². The summed E-state index contributed by atoms with van der Waals surface area (Å²) in [5.74, 6) is 0.723. The lowest BCUT2D eigenvalue weighted by atomic mass is 9.98. The molecule has 1 aliphatic rings. The predicted molar refractivity (Wildman–Crippen MR) is 132 cm³/mol. The maximum absolute atomic E-state index is 14.5. The highest BCUT2D eigenvalue weighted by molar-refractivity contribution is 6.31. The first-order valence-corrected chi connectivity index (χ1v) is 11.8. The molecule has 8 nitrogen and oxygen atoms in total. The molecule has 0 bridgehead atoms. The van der Waals surface area contributed by atoms with Gasteiger partial charge in [-0.05, 0) is 37.0 Å². The third-order valence-corrected chi connectivity index (χ3v) is 6.22. The van der Waals surface area contributed by atoms with E-state index in [1.54, 1.807) is 18.5 Å². The van der Waals surface area contributed by atoms with Gasteiger partial charge < -0.3 is 19.9 Å². The number of pyridine rings is 1. The molecule has 1 atom stereocenters. The van der Waals surface area contributed by atoms with E-state index in [9.17, 15) is 9.18 Å². The van der Waals surface area contributed by atoms with Gasteiger partial charge in [-0.15, -0.1) is 0 Å². The van der Waals surface area contributed by atoms with Gasteiger partial charge in [0.05, 0.1) is 11.2 Å². The second kappa shape index (κ2) is 10.3. The van der Waals surface area contributed by atoms with Crippen LogP contribution in [0.3, 0.4) is 0 Å². The van der Waals surface area contributed by atoms with Crippen LogP contribution >= 0.6 is 11.6 Å². The molecule has 0 aliphatic carbocycles. The second-order valence-electron chi connectivity index (χ2n) is 8.47. The van der Waals surface area contributed by atoms with Crippen LogP contribution in [0.5, 0.6) is 5.75 Å². The van der Waals surface area contributed by atoms with Crippen molar-refractivity contribution in [3.05, 3.63) is 65.8 Å². The number of fused-ring (bicyclic) bond motifs is 1. The molecule has 2 N–H and O–H groups in total. The summed E-state index contributed by atoms with van der Waals surface area (Å²) in [5, 5.41) is 4.36. The molecule has 5 rings (SSSR count). The van der Waals surface area contributed by atoms with Gasteiger partial charge in [0.25, 0.3) is 5.91 Å². The first-order valence-electron chi connectivity index (χ1n) is 11.4. The maximum atomic E-state index is 14.5. The standard InChI is InChI=1S/C25H24ClFN6O2/c26-17-9-19-20(12-30-23(19)29-11-17)24-31-13-21(27)25(32-24)28-10-16-5-4-8-33(14-16)22(34)15-35-18-6-2-1-3-7-18/h1-3,6-7,9,11-13,16H,4-5,8,10,14-15H2,(H,29,30)(H,28,31,32). The molecule has 1 aromatic carbocycles. The summed E-state index contributed by atoms with van der Waals surface area (Å²) in [6.45, 7) is 1.75. The maximum Gasteiger partial charge on any atom is 0.260 e. The number of carbonyl (C=O) groups excluding carboxylic acids is 1. The van der Waals surface area contributed by atoms with Crippen LogP contribution in [0.2, 0.25) is 5.02 Å². The number of nitrogens with zero attached hydrogens (tertiary/aromatic N) is 4. The molecular weight excluding hydrogens is 471 g/mol. The Morgan fingerprint density at radius 3 is 2.97 bits per heavy atom. The summed E-state index contributed by atoms with van der Waals surface area (Å²) in [5.41, 5.74) is 1.33. The monoisotopic (exact) mass is 494 g/mol. The molecule has 0 saturated carbocycles.